The number of rotatable bonds is 6. The van der Waals surface area contributed by atoms with Gasteiger partial charge in [0.05, 0.1) is 6.61 Å². The maximum Gasteiger partial charge on any atom is 0.321 e. The highest BCUT2D eigenvalue weighted by atomic mass is 32.1. The summed E-state index contributed by atoms with van der Waals surface area (Å²) in [5.74, 6) is 0.963. The van der Waals surface area contributed by atoms with E-state index in [0.717, 1.165) is 37.2 Å². The van der Waals surface area contributed by atoms with Gasteiger partial charge in [-0.3, -0.25) is 5.32 Å². The Morgan fingerprint density at radius 3 is 2.83 bits per heavy atom. The Kier molecular flexibility index (Phi) is 6.11. The van der Waals surface area contributed by atoms with E-state index >= 15 is 0 Å². The minimum absolute atomic E-state index is 0.292. The van der Waals surface area contributed by atoms with Gasteiger partial charge in [-0.2, -0.15) is 0 Å². The molecule has 0 radical (unpaired) electrons. The lowest BCUT2D eigenvalue weighted by Crippen LogP contribution is -2.28. The maximum atomic E-state index is 11.8. The molecule has 0 aromatic carbocycles. The summed E-state index contributed by atoms with van der Waals surface area (Å²) in [6, 6.07) is 1.61. The molecule has 4 rings (SSSR count). The monoisotopic (exact) mass is 414 g/mol. The summed E-state index contributed by atoms with van der Waals surface area (Å²) >= 11 is 1.31. The topological polar surface area (TPSA) is 111 Å². The predicted octanol–water partition coefficient (Wildman–Crippen LogP) is 3.10. The van der Waals surface area contributed by atoms with Crippen molar-refractivity contribution in [1.82, 2.24) is 25.3 Å². The average Bonchev–Trinajstić information content (AvgIpc) is 3.14. The molecule has 0 spiro atoms. The standard InChI is InChI=1S/C19H22N6O3S/c1-2-22-18(26)25-19-23-15-7-14(13-8-20-11-21-9-13)16(24-17(15)29-19)28-10-12-3-5-27-6-4-12/h7-9,11-12H,2-6,10H2,1H3,(H2,22,23,25,26). The van der Waals surface area contributed by atoms with Crippen LogP contribution in [0.4, 0.5) is 9.93 Å². The molecule has 1 fully saturated rings. The highest BCUT2D eigenvalue weighted by molar-refractivity contribution is 7.22. The summed E-state index contributed by atoms with van der Waals surface area (Å²) in [6.45, 7) is 4.51. The lowest BCUT2D eigenvalue weighted by Gasteiger charge is -2.22. The number of hydrogen-bond acceptors (Lipinski definition) is 8. The maximum absolute atomic E-state index is 11.8. The summed E-state index contributed by atoms with van der Waals surface area (Å²) in [7, 11) is 0. The number of aromatic nitrogens is 4. The number of anilines is 1. The fraction of sp³-hybridized carbons (Fsp3) is 0.421. The Labute approximate surface area is 171 Å². The van der Waals surface area contributed by atoms with Crippen molar-refractivity contribution < 1.29 is 14.3 Å². The van der Waals surface area contributed by atoms with E-state index in [9.17, 15) is 4.79 Å². The normalized spacial score (nSPS) is 14.7. The first kappa shape index (κ1) is 19.5. The second-order valence-corrected chi connectivity index (χ2v) is 7.64. The van der Waals surface area contributed by atoms with Gasteiger partial charge in [0.25, 0.3) is 0 Å². The number of hydrogen-bond donors (Lipinski definition) is 2. The number of thiazole rings is 1. The molecule has 1 aliphatic rings. The SMILES string of the molecule is CCNC(=O)Nc1nc2cc(-c3cncnc3)c(OCC3CCOCC3)nc2s1. The number of fused-ring (bicyclic) bond motifs is 1. The first-order valence-corrected chi connectivity index (χ1v) is 10.4. The molecule has 0 aliphatic carbocycles. The first-order valence-electron chi connectivity index (χ1n) is 9.55. The van der Waals surface area contributed by atoms with Crippen LogP contribution in [0.5, 0.6) is 5.88 Å². The molecule has 3 aromatic heterocycles. The van der Waals surface area contributed by atoms with Gasteiger partial charge in [-0.25, -0.2) is 24.7 Å². The predicted molar refractivity (Wildman–Crippen MR) is 110 cm³/mol. The van der Waals surface area contributed by atoms with E-state index in [-0.39, 0.29) is 6.03 Å². The van der Waals surface area contributed by atoms with E-state index in [0.29, 0.717) is 40.4 Å². The fourth-order valence-corrected chi connectivity index (χ4v) is 3.88. The van der Waals surface area contributed by atoms with Crippen molar-refractivity contribution in [1.29, 1.82) is 0 Å². The number of nitrogens with zero attached hydrogens (tertiary/aromatic N) is 4. The summed E-state index contributed by atoms with van der Waals surface area (Å²) in [4.78, 5) is 29.9. The zero-order valence-electron chi connectivity index (χ0n) is 16.1. The largest absolute Gasteiger partial charge is 0.477 e. The highest BCUT2D eigenvalue weighted by Gasteiger charge is 2.19. The molecular weight excluding hydrogens is 392 g/mol. The average molecular weight is 414 g/mol. The molecule has 10 heteroatoms. The van der Waals surface area contributed by atoms with E-state index in [1.54, 1.807) is 12.4 Å². The van der Waals surface area contributed by atoms with Crippen molar-refractivity contribution in [2.75, 3.05) is 31.7 Å². The fourth-order valence-electron chi connectivity index (χ4n) is 3.07. The molecule has 2 N–H and O–H groups in total. The number of amides is 2. The van der Waals surface area contributed by atoms with Crippen molar-refractivity contribution in [3.8, 4) is 17.0 Å². The Hall–Kier alpha value is -2.85. The molecule has 0 saturated carbocycles. The van der Waals surface area contributed by atoms with Crippen LogP contribution in [0, 0.1) is 5.92 Å². The third-order valence-electron chi connectivity index (χ3n) is 4.58. The number of ether oxygens (including phenoxy) is 2. The van der Waals surface area contributed by atoms with Gasteiger partial charge in [0, 0.05) is 43.3 Å². The summed E-state index contributed by atoms with van der Waals surface area (Å²) in [5.41, 5.74) is 2.26. The molecule has 0 bridgehead atoms. The van der Waals surface area contributed by atoms with Crippen molar-refractivity contribution in [3.63, 3.8) is 0 Å². The Bertz CT molecular complexity index is 975. The van der Waals surface area contributed by atoms with Crippen LogP contribution in [-0.4, -0.2) is 52.3 Å². The van der Waals surface area contributed by atoms with Crippen LogP contribution in [-0.2, 0) is 4.74 Å². The molecule has 4 heterocycles. The van der Waals surface area contributed by atoms with Crippen LogP contribution in [0.2, 0.25) is 0 Å². The number of carbonyl (C=O) groups is 1. The quantitative estimate of drug-likeness (QED) is 0.637. The van der Waals surface area contributed by atoms with Gasteiger partial charge in [-0.1, -0.05) is 11.3 Å². The molecule has 3 aromatic rings. The molecule has 152 valence electrons. The smallest absolute Gasteiger partial charge is 0.321 e. The van der Waals surface area contributed by atoms with E-state index in [4.69, 9.17) is 9.47 Å². The Balaban J connectivity index is 1.64. The lowest BCUT2D eigenvalue weighted by molar-refractivity contribution is 0.0492. The van der Waals surface area contributed by atoms with Crippen molar-refractivity contribution in [2.45, 2.75) is 19.8 Å². The second-order valence-electron chi connectivity index (χ2n) is 6.66. The molecule has 1 aliphatic heterocycles. The molecule has 0 unspecified atom stereocenters. The van der Waals surface area contributed by atoms with Crippen molar-refractivity contribution in [3.05, 3.63) is 24.8 Å². The number of carbonyl (C=O) groups excluding carboxylic acids is 1. The molecule has 1 saturated heterocycles. The van der Waals surface area contributed by atoms with Crippen LogP contribution < -0.4 is 15.4 Å². The molecule has 0 atom stereocenters. The zero-order chi connectivity index (χ0) is 20.1. The van der Waals surface area contributed by atoms with Crippen LogP contribution in [0.25, 0.3) is 21.5 Å². The van der Waals surface area contributed by atoms with Crippen LogP contribution in [0.1, 0.15) is 19.8 Å². The first-order chi connectivity index (χ1) is 14.2. The van der Waals surface area contributed by atoms with Crippen LogP contribution in [0.3, 0.4) is 0 Å². The summed E-state index contributed by atoms with van der Waals surface area (Å²) in [6.07, 6.45) is 6.88. The minimum atomic E-state index is -0.292. The molecule has 9 nitrogen and oxygen atoms in total. The number of urea groups is 1. The molecule has 2 amide bonds. The van der Waals surface area contributed by atoms with Gasteiger partial charge < -0.3 is 14.8 Å². The Morgan fingerprint density at radius 2 is 2.07 bits per heavy atom. The van der Waals surface area contributed by atoms with E-state index < -0.39 is 0 Å². The molecule has 29 heavy (non-hydrogen) atoms. The van der Waals surface area contributed by atoms with Gasteiger partial charge in [0.15, 0.2) is 5.13 Å². The van der Waals surface area contributed by atoms with E-state index in [1.165, 1.54) is 17.7 Å². The third kappa shape index (κ3) is 4.77. The van der Waals surface area contributed by atoms with Gasteiger partial charge >= 0.3 is 6.03 Å². The molecular formula is C19H22N6O3S. The van der Waals surface area contributed by atoms with Crippen molar-refractivity contribution in [2.24, 2.45) is 5.92 Å². The van der Waals surface area contributed by atoms with Gasteiger partial charge in [0.1, 0.15) is 16.7 Å². The summed E-state index contributed by atoms with van der Waals surface area (Å²) < 4.78 is 11.5. The van der Waals surface area contributed by atoms with Crippen LogP contribution in [0.15, 0.2) is 24.8 Å². The second kappa shape index (κ2) is 9.10. The lowest BCUT2D eigenvalue weighted by atomic mass is 10.0. The zero-order valence-corrected chi connectivity index (χ0v) is 16.9. The summed E-state index contributed by atoms with van der Waals surface area (Å²) in [5, 5.41) is 5.90. The minimum Gasteiger partial charge on any atom is -0.477 e. The van der Waals surface area contributed by atoms with E-state index in [2.05, 4.69) is 30.6 Å². The van der Waals surface area contributed by atoms with Crippen molar-refractivity contribution >= 4 is 32.8 Å². The van der Waals surface area contributed by atoms with E-state index in [1.807, 2.05) is 13.0 Å². The number of nitrogens with one attached hydrogen (secondary N) is 2. The highest BCUT2D eigenvalue weighted by Crippen LogP contribution is 2.34. The van der Waals surface area contributed by atoms with Gasteiger partial charge in [0.2, 0.25) is 5.88 Å². The van der Waals surface area contributed by atoms with Crippen LogP contribution >= 0.6 is 11.3 Å². The van der Waals surface area contributed by atoms with Gasteiger partial charge in [-0.15, -0.1) is 0 Å². The Morgan fingerprint density at radius 1 is 1.28 bits per heavy atom. The third-order valence-corrected chi connectivity index (χ3v) is 5.46. The number of pyridine rings is 1. The van der Waals surface area contributed by atoms with Gasteiger partial charge in [-0.05, 0) is 31.7 Å².